The molecule has 0 saturated heterocycles. The number of hydrogen-bond donors (Lipinski definition) is 0. The van der Waals surface area contributed by atoms with E-state index in [0.717, 1.165) is 12.0 Å². The second-order valence-corrected chi connectivity index (χ2v) is 5.83. The first kappa shape index (κ1) is 18.2. The average Bonchev–Trinajstić information content (AvgIpc) is 2.39. The molecule has 0 aromatic carbocycles. The summed E-state index contributed by atoms with van der Waals surface area (Å²) in [4.78, 5) is 13.4. The number of carbonyl (C=O) groups is 1. The molecule has 19 heavy (non-hydrogen) atoms. The Balaban J connectivity index is 3.71. The minimum Gasteiger partial charge on any atom is -0.345 e. The topological polar surface area (TPSA) is 20.3 Å². The maximum absolute atomic E-state index is 11.8. The average molecular weight is 267 g/mol. The summed E-state index contributed by atoms with van der Waals surface area (Å²) in [5.41, 5.74) is 2.18. The highest BCUT2D eigenvalue weighted by atomic mass is 16.2. The minimum atomic E-state index is 0.150. The molecule has 0 atom stereocenters. The standard InChI is InChI=1S/C17H33NO/c1-6-7-8-9-10-11-12-13-14-15(2)16(3)17(19)18(4)5/h6-14H2,1-5H3. The van der Waals surface area contributed by atoms with Crippen molar-refractivity contribution in [1.29, 1.82) is 0 Å². The Hall–Kier alpha value is -0.790. The molecular weight excluding hydrogens is 234 g/mol. The van der Waals surface area contributed by atoms with Gasteiger partial charge < -0.3 is 4.90 Å². The van der Waals surface area contributed by atoms with Crippen LogP contribution in [0.4, 0.5) is 0 Å². The number of rotatable bonds is 10. The molecule has 1 amide bonds. The molecule has 0 unspecified atom stereocenters. The summed E-state index contributed by atoms with van der Waals surface area (Å²) in [6, 6.07) is 0. The van der Waals surface area contributed by atoms with Crippen LogP contribution in [0.2, 0.25) is 0 Å². The highest BCUT2D eigenvalue weighted by Crippen LogP contribution is 2.16. The second kappa shape index (κ2) is 11.1. The van der Waals surface area contributed by atoms with Gasteiger partial charge in [-0.3, -0.25) is 4.79 Å². The van der Waals surface area contributed by atoms with Crippen molar-refractivity contribution in [3.63, 3.8) is 0 Å². The molecule has 0 rings (SSSR count). The summed E-state index contributed by atoms with van der Waals surface area (Å²) in [7, 11) is 3.63. The molecule has 0 N–H and O–H groups in total. The van der Waals surface area contributed by atoms with Gasteiger partial charge in [-0.15, -0.1) is 0 Å². The summed E-state index contributed by atoms with van der Waals surface area (Å²) in [5, 5.41) is 0. The molecule has 0 radical (unpaired) electrons. The lowest BCUT2D eigenvalue weighted by molar-refractivity contribution is -0.124. The van der Waals surface area contributed by atoms with Crippen molar-refractivity contribution in [2.24, 2.45) is 0 Å². The molecule has 0 bridgehead atoms. The van der Waals surface area contributed by atoms with Crippen LogP contribution in [0, 0.1) is 0 Å². The van der Waals surface area contributed by atoms with Crippen molar-refractivity contribution < 1.29 is 4.79 Å². The SMILES string of the molecule is CCCCCCCCCCC(C)=C(C)C(=O)N(C)C. The van der Waals surface area contributed by atoms with E-state index in [1.54, 1.807) is 4.90 Å². The van der Waals surface area contributed by atoms with Crippen molar-refractivity contribution in [1.82, 2.24) is 4.90 Å². The Morgan fingerprint density at radius 1 is 0.842 bits per heavy atom. The molecular formula is C17H33NO. The van der Waals surface area contributed by atoms with Crippen LogP contribution in [0.25, 0.3) is 0 Å². The van der Waals surface area contributed by atoms with E-state index < -0.39 is 0 Å². The smallest absolute Gasteiger partial charge is 0.248 e. The predicted molar refractivity (Wildman–Crippen MR) is 84.3 cm³/mol. The fraction of sp³-hybridized carbons (Fsp3) is 0.824. The van der Waals surface area contributed by atoms with Crippen molar-refractivity contribution in [3.05, 3.63) is 11.1 Å². The summed E-state index contributed by atoms with van der Waals surface area (Å²) < 4.78 is 0. The zero-order valence-corrected chi connectivity index (χ0v) is 13.7. The Kier molecular flexibility index (Phi) is 10.6. The molecule has 0 saturated carbocycles. The maximum atomic E-state index is 11.8. The van der Waals surface area contributed by atoms with E-state index in [-0.39, 0.29) is 5.91 Å². The third-order valence-electron chi connectivity index (χ3n) is 3.77. The molecule has 0 aliphatic rings. The van der Waals surface area contributed by atoms with Gasteiger partial charge in [0.15, 0.2) is 0 Å². The zero-order valence-electron chi connectivity index (χ0n) is 13.7. The number of allylic oxidation sites excluding steroid dienone is 1. The maximum Gasteiger partial charge on any atom is 0.248 e. The fourth-order valence-electron chi connectivity index (χ4n) is 2.23. The largest absolute Gasteiger partial charge is 0.345 e. The lowest BCUT2D eigenvalue weighted by atomic mass is 10.0. The first-order chi connectivity index (χ1) is 9.00. The monoisotopic (exact) mass is 267 g/mol. The van der Waals surface area contributed by atoms with E-state index in [1.165, 1.54) is 56.9 Å². The quantitative estimate of drug-likeness (QED) is 0.405. The molecule has 2 nitrogen and oxygen atoms in total. The Labute approximate surface area is 120 Å². The van der Waals surface area contributed by atoms with E-state index in [1.807, 2.05) is 21.0 Å². The van der Waals surface area contributed by atoms with Gasteiger partial charge in [0.2, 0.25) is 5.91 Å². The first-order valence-corrected chi connectivity index (χ1v) is 7.88. The lowest BCUT2D eigenvalue weighted by Gasteiger charge is -2.13. The van der Waals surface area contributed by atoms with Gasteiger partial charge in [0.1, 0.15) is 0 Å². The number of carbonyl (C=O) groups excluding carboxylic acids is 1. The molecule has 0 fully saturated rings. The molecule has 0 aromatic heterocycles. The number of unbranched alkanes of at least 4 members (excludes halogenated alkanes) is 7. The van der Waals surface area contributed by atoms with Gasteiger partial charge in [0.25, 0.3) is 0 Å². The van der Waals surface area contributed by atoms with Gasteiger partial charge in [-0.1, -0.05) is 57.4 Å². The third kappa shape index (κ3) is 8.85. The fourth-order valence-corrected chi connectivity index (χ4v) is 2.23. The van der Waals surface area contributed by atoms with Gasteiger partial charge in [-0.2, -0.15) is 0 Å². The molecule has 0 aliphatic carbocycles. The summed E-state index contributed by atoms with van der Waals surface area (Å²) in [6.45, 7) is 6.30. The normalized spacial score (nSPS) is 12.3. The Bertz CT molecular complexity index is 279. The zero-order chi connectivity index (χ0) is 14.7. The Morgan fingerprint density at radius 3 is 1.79 bits per heavy atom. The molecule has 0 aliphatic heterocycles. The molecule has 0 aromatic rings. The predicted octanol–water partition coefficient (Wildman–Crippen LogP) is 4.94. The highest BCUT2D eigenvalue weighted by molar-refractivity contribution is 5.93. The van der Waals surface area contributed by atoms with Crippen molar-refractivity contribution in [3.8, 4) is 0 Å². The number of hydrogen-bond acceptors (Lipinski definition) is 1. The first-order valence-electron chi connectivity index (χ1n) is 7.88. The van der Waals surface area contributed by atoms with Crippen LogP contribution in [0.15, 0.2) is 11.1 Å². The Morgan fingerprint density at radius 2 is 1.32 bits per heavy atom. The lowest BCUT2D eigenvalue weighted by Crippen LogP contribution is -2.23. The van der Waals surface area contributed by atoms with Gasteiger partial charge in [0.05, 0.1) is 0 Å². The van der Waals surface area contributed by atoms with Crippen LogP contribution >= 0.6 is 0 Å². The summed E-state index contributed by atoms with van der Waals surface area (Å²) in [5.74, 6) is 0.150. The van der Waals surface area contributed by atoms with Crippen LogP contribution in [0.5, 0.6) is 0 Å². The second-order valence-electron chi connectivity index (χ2n) is 5.83. The van der Waals surface area contributed by atoms with Crippen LogP contribution in [-0.4, -0.2) is 24.9 Å². The highest BCUT2D eigenvalue weighted by Gasteiger charge is 2.09. The molecule has 2 heteroatoms. The van der Waals surface area contributed by atoms with Gasteiger partial charge >= 0.3 is 0 Å². The summed E-state index contributed by atoms with van der Waals surface area (Å²) in [6.07, 6.45) is 11.8. The van der Waals surface area contributed by atoms with Gasteiger partial charge in [-0.25, -0.2) is 0 Å². The molecule has 112 valence electrons. The van der Waals surface area contributed by atoms with Crippen molar-refractivity contribution >= 4 is 5.91 Å². The van der Waals surface area contributed by atoms with E-state index in [2.05, 4.69) is 13.8 Å². The van der Waals surface area contributed by atoms with Crippen LogP contribution in [0.3, 0.4) is 0 Å². The molecule has 0 spiro atoms. The van der Waals surface area contributed by atoms with E-state index >= 15 is 0 Å². The van der Waals surface area contributed by atoms with Gasteiger partial charge in [0, 0.05) is 19.7 Å². The number of nitrogens with zero attached hydrogens (tertiary/aromatic N) is 1. The van der Waals surface area contributed by atoms with Crippen LogP contribution in [0.1, 0.15) is 78.6 Å². The van der Waals surface area contributed by atoms with Crippen molar-refractivity contribution in [2.75, 3.05) is 14.1 Å². The van der Waals surface area contributed by atoms with Crippen molar-refractivity contribution in [2.45, 2.75) is 78.6 Å². The third-order valence-corrected chi connectivity index (χ3v) is 3.77. The molecule has 0 heterocycles. The number of likely N-dealkylation sites (N-methyl/N-ethyl adjacent to an activating group) is 1. The van der Waals surface area contributed by atoms with E-state index in [4.69, 9.17) is 0 Å². The van der Waals surface area contributed by atoms with E-state index in [9.17, 15) is 4.79 Å². The number of amides is 1. The van der Waals surface area contributed by atoms with Crippen LogP contribution < -0.4 is 0 Å². The minimum absolute atomic E-state index is 0.150. The van der Waals surface area contributed by atoms with Gasteiger partial charge in [-0.05, 0) is 26.7 Å². The summed E-state index contributed by atoms with van der Waals surface area (Å²) >= 11 is 0. The van der Waals surface area contributed by atoms with Crippen LogP contribution in [-0.2, 0) is 4.79 Å². The van der Waals surface area contributed by atoms with E-state index in [0.29, 0.717) is 0 Å².